The van der Waals surface area contributed by atoms with E-state index in [1.54, 1.807) is 38.5 Å². The normalized spacial score (nSPS) is 10.9. The van der Waals surface area contributed by atoms with Crippen LogP contribution in [0.1, 0.15) is 15.2 Å². The van der Waals surface area contributed by atoms with E-state index in [1.807, 2.05) is 60.7 Å². The SMILES string of the molecule is COc1ccc(-c2cc(-c3ccccc3)c3c(N)c(C(=O)c4cccc(OC)c4)sc3n2)cc1. The predicted molar refractivity (Wildman–Crippen MR) is 138 cm³/mol. The summed E-state index contributed by atoms with van der Waals surface area (Å²) in [4.78, 5) is 19.5. The fraction of sp³-hybridized carbons (Fsp3) is 0.0714. The summed E-state index contributed by atoms with van der Waals surface area (Å²) in [5.74, 6) is 1.25. The third kappa shape index (κ3) is 3.89. The van der Waals surface area contributed by atoms with Gasteiger partial charge in [0.25, 0.3) is 0 Å². The molecule has 0 aliphatic carbocycles. The molecular formula is C28H22N2O3S. The number of thiophene rings is 1. The van der Waals surface area contributed by atoms with Gasteiger partial charge in [-0.15, -0.1) is 11.3 Å². The third-order valence-electron chi connectivity index (χ3n) is 5.71. The Morgan fingerprint density at radius 3 is 2.26 bits per heavy atom. The van der Waals surface area contributed by atoms with E-state index >= 15 is 0 Å². The number of nitrogen functional groups attached to an aromatic ring is 1. The standard InChI is InChI=1S/C28H22N2O3S/c1-32-20-13-11-18(12-14-20)23-16-22(17-7-4-3-5-8-17)24-25(29)27(34-28(24)30-23)26(31)19-9-6-10-21(15-19)33-2/h3-16H,29H2,1-2H3. The molecule has 2 N–H and O–H groups in total. The number of nitrogens with two attached hydrogens (primary N) is 1. The number of hydrogen-bond acceptors (Lipinski definition) is 6. The Labute approximate surface area is 201 Å². The fourth-order valence-corrected chi connectivity index (χ4v) is 5.02. The van der Waals surface area contributed by atoms with Crippen molar-refractivity contribution >= 4 is 33.0 Å². The maximum Gasteiger partial charge on any atom is 0.205 e. The van der Waals surface area contributed by atoms with Gasteiger partial charge in [-0.05, 0) is 53.6 Å². The van der Waals surface area contributed by atoms with Crippen LogP contribution in [0.2, 0.25) is 0 Å². The average Bonchev–Trinajstić information content (AvgIpc) is 3.24. The summed E-state index contributed by atoms with van der Waals surface area (Å²) in [6, 6.07) is 26.9. The molecule has 2 aromatic heterocycles. The number of aromatic nitrogens is 1. The van der Waals surface area contributed by atoms with Crippen molar-refractivity contribution < 1.29 is 14.3 Å². The van der Waals surface area contributed by atoms with Crippen LogP contribution in [0.4, 0.5) is 5.69 Å². The summed E-state index contributed by atoms with van der Waals surface area (Å²) in [6.07, 6.45) is 0. The third-order valence-corrected chi connectivity index (χ3v) is 6.81. The van der Waals surface area contributed by atoms with Gasteiger partial charge < -0.3 is 15.2 Å². The van der Waals surface area contributed by atoms with E-state index in [-0.39, 0.29) is 5.78 Å². The molecule has 5 nitrogen and oxygen atoms in total. The van der Waals surface area contributed by atoms with Crippen molar-refractivity contribution in [2.75, 3.05) is 20.0 Å². The number of ketones is 1. The van der Waals surface area contributed by atoms with Crippen LogP contribution in [0, 0.1) is 0 Å². The van der Waals surface area contributed by atoms with Crippen LogP contribution in [0.3, 0.4) is 0 Å². The van der Waals surface area contributed by atoms with Crippen molar-refractivity contribution in [2.45, 2.75) is 0 Å². The number of benzene rings is 3. The zero-order chi connectivity index (χ0) is 23.7. The van der Waals surface area contributed by atoms with Crippen LogP contribution in [-0.2, 0) is 0 Å². The van der Waals surface area contributed by atoms with Crippen LogP contribution in [-0.4, -0.2) is 25.0 Å². The molecule has 0 saturated carbocycles. The van der Waals surface area contributed by atoms with E-state index in [0.717, 1.165) is 38.4 Å². The quantitative estimate of drug-likeness (QED) is 0.291. The van der Waals surface area contributed by atoms with Crippen molar-refractivity contribution in [2.24, 2.45) is 0 Å². The highest BCUT2D eigenvalue weighted by atomic mass is 32.1. The first-order chi connectivity index (χ1) is 16.6. The highest BCUT2D eigenvalue weighted by Gasteiger charge is 2.23. The molecule has 0 amide bonds. The van der Waals surface area contributed by atoms with Crippen molar-refractivity contribution in [3.05, 3.63) is 95.4 Å². The van der Waals surface area contributed by atoms with Gasteiger partial charge in [-0.25, -0.2) is 4.98 Å². The maximum absolute atomic E-state index is 13.4. The molecule has 0 aliphatic heterocycles. The summed E-state index contributed by atoms with van der Waals surface area (Å²) in [5.41, 5.74) is 11.3. The van der Waals surface area contributed by atoms with Crippen LogP contribution in [0.5, 0.6) is 11.5 Å². The topological polar surface area (TPSA) is 74.4 Å². The van der Waals surface area contributed by atoms with E-state index in [4.69, 9.17) is 20.2 Å². The Morgan fingerprint density at radius 1 is 0.824 bits per heavy atom. The first-order valence-corrected chi connectivity index (χ1v) is 11.5. The second-order valence-corrected chi connectivity index (χ2v) is 8.73. The molecule has 0 aliphatic rings. The summed E-state index contributed by atoms with van der Waals surface area (Å²) in [7, 11) is 3.22. The molecule has 0 saturated heterocycles. The number of ether oxygens (including phenoxy) is 2. The van der Waals surface area contributed by atoms with Gasteiger partial charge >= 0.3 is 0 Å². The van der Waals surface area contributed by atoms with Crippen molar-refractivity contribution in [3.8, 4) is 33.9 Å². The van der Waals surface area contributed by atoms with Gasteiger partial charge in [0.1, 0.15) is 21.2 Å². The lowest BCUT2D eigenvalue weighted by molar-refractivity contribution is 0.104. The molecule has 6 heteroatoms. The number of hydrogen-bond donors (Lipinski definition) is 1. The molecule has 2 heterocycles. The Balaban J connectivity index is 1.71. The summed E-state index contributed by atoms with van der Waals surface area (Å²) in [6.45, 7) is 0. The number of pyridine rings is 1. The summed E-state index contributed by atoms with van der Waals surface area (Å²) < 4.78 is 10.6. The van der Waals surface area contributed by atoms with Crippen LogP contribution < -0.4 is 15.2 Å². The minimum Gasteiger partial charge on any atom is -0.497 e. The minimum atomic E-state index is -0.149. The van der Waals surface area contributed by atoms with Gasteiger partial charge in [-0.2, -0.15) is 0 Å². The molecule has 0 bridgehead atoms. The second-order valence-electron chi connectivity index (χ2n) is 7.74. The molecule has 0 radical (unpaired) electrons. The largest absolute Gasteiger partial charge is 0.497 e. The van der Waals surface area contributed by atoms with Crippen molar-refractivity contribution in [1.82, 2.24) is 4.98 Å². The van der Waals surface area contributed by atoms with Gasteiger partial charge in [0.2, 0.25) is 5.78 Å². The molecular weight excluding hydrogens is 444 g/mol. The Morgan fingerprint density at radius 2 is 1.56 bits per heavy atom. The summed E-state index contributed by atoms with van der Waals surface area (Å²) in [5, 5.41) is 0.791. The van der Waals surface area contributed by atoms with E-state index in [1.165, 1.54) is 11.3 Å². The Kier molecular flexibility index (Phi) is 5.74. The zero-order valence-electron chi connectivity index (χ0n) is 18.7. The number of carbonyl (C=O) groups excluding carboxylic acids is 1. The molecule has 0 fully saturated rings. The fourth-order valence-electron chi connectivity index (χ4n) is 3.94. The zero-order valence-corrected chi connectivity index (χ0v) is 19.6. The first-order valence-electron chi connectivity index (χ1n) is 10.7. The highest BCUT2D eigenvalue weighted by Crippen LogP contribution is 2.42. The van der Waals surface area contributed by atoms with E-state index in [9.17, 15) is 4.79 Å². The number of rotatable bonds is 6. The monoisotopic (exact) mass is 466 g/mol. The molecule has 0 atom stereocenters. The van der Waals surface area contributed by atoms with Crippen molar-refractivity contribution in [1.29, 1.82) is 0 Å². The number of nitrogens with zero attached hydrogens (tertiary/aromatic N) is 1. The lowest BCUT2D eigenvalue weighted by Gasteiger charge is -2.09. The van der Waals surface area contributed by atoms with E-state index < -0.39 is 0 Å². The van der Waals surface area contributed by atoms with E-state index in [0.29, 0.717) is 21.9 Å². The van der Waals surface area contributed by atoms with Crippen LogP contribution in [0.15, 0.2) is 84.9 Å². The highest BCUT2D eigenvalue weighted by molar-refractivity contribution is 7.21. The second kappa shape index (κ2) is 9.00. The van der Waals surface area contributed by atoms with Gasteiger partial charge in [-0.3, -0.25) is 4.79 Å². The average molecular weight is 467 g/mol. The molecule has 5 aromatic rings. The molecule has 34 heavy (non-hydrogen) atoms. The van der Waals surface area contributed by atoms with Gasteiger partial charge in [0.05, 0.1) is 25.6 Å². The molecule has 0 unspecified atom stereocenters. The van der Waals surface area contributed by atoms with Crippen LogP contribution >= 0.6 is 11.3 Å². The lowest BCUT2D eigenvalue weighted by atomic mass is 9.99. The predicted octanol–water partition coefficient (Wildman–Crippen LogP) is 6.46. The van der Waals surface area contributed by atoms with Crippen LogP contribution in [0.25, 0.3) is 32.6 Å². The molecule has 3 aromatic carbocycles. The van der Waals surface area contributed by atoms with E-state index in [2.05, 4.69) is 0 Å². The Hall–Kier alpha value is -4.16. The first kappa shape index (κ1) is 21.7. The Bertz CT molecular complexity index is 1490. The number of anilines is 1. The minimum absolute atomic E-state index is 0.149. The smallest absolute Gasteiger partial charge is 0.205 e. The number of methoxy groups -OCH3 is 2. The van der Waals surface area contributed by atoms with Crippen molar-refractivity contribution in [3.63, 3.8) is 0 Å². The molecule has 5 rings (SSSR count). The lowest BCUT2D eigenvalue weighted by Crippen LogP contribution is -2.02. The molecule has 168 valence electrons. The van der Waals surface area contributed by atoms with Gasteiger partial charge in [0, 0.05) is 16.5 Å². The summed E-state index contributed by atoms with van der Waals surface area (Å²) >= 11 is 1.31. The number of fused-ring (bicyclic) bond motifs is 1. The van der Waals surface area contributed by atoms with Gasteiger partial charge in [-0.1, -0.05) is 42.5 Å². The molecule has 0 spiro atoms. The number of carbonyl (C=O) groups is 1. The maximum atomic E-state index is 13.4. The van der Waals surface area contributed by atoms with Gasteiger partial charge in [0.15, 0.2) is 0 Å².